The molecule has 1 amide bonds. The third-order valence-electron chi connectivity index (χ3n) is 2.72. The molecule has 0 spiro atoms. The van der Waals surface area contributed by atoms with Gasteiger partial charge in [-0.05, 0) is 31.4 Å². The van der Waals surface area contributed by atoms with Gasteiger partial charge in [0, 0.05) is 25.2 Å². The van der Waals surface area contributed by atoms with Crippen molar-refractivity contribution in [3.05, 3.63) is 23.9 Å². The second-order valence-corrected chi connectivity index (χ2v) is 4.42. The van der Waals surface area contributed by atoms with E-state index in [4.69, 9.17) is 5.26 Å². The van der Waals surface area contributed by atoms with Crippen molar-refractivity contribution in [3.8, 4) is 6.07 Å². The molecule has 0 bridgehead atoms. The van der Waals surface area contributed by atoms with Crippen LogP contribution in [-0.2, 0) is 4.79 Å². The molecule has 1 aliphatic rings. The number of hydrogen-bond acceptors (Lipinski definition) is 4. The summed E-state index contributed by atoms with van der Waals surface area (Å²) in [4.78, 5) is 15.5. The number of nitrogens with one attached hydrogen (secondary N) is 2. The molecule has 5 nitrogen and oxygen atoms in total. The van der Waals surface area contributed by atoms with E-state index >= 15 is 0 Å². The first-order chi connectivity index (χ1) is 8.78. The quantitative estimate of drug-likeness (QED) is 0.742. The highest BCUT2D eigenvalue weighted by Gasteiger charge is 2.22. The molecule has 1 aliphatic carbocycles. The van der Waals surface area contributed by atoms with Crippen molar-refractivity contribution < 1.29 is 4.79 Å². The second kappa shape index (κ2) is 6.01. The first-order valence-electron chi connectivity index (χ1n) is 6.17. The van der Waals surface area contributed by atoms with Crippen LogP contribution in [0.4, 0.5) is 5.82 Å². The van der Waals surface area contributed by atoms with Gasteiger partial charge in [-0.2, -0.15) is 5.26 Å². The van der Waals surface area contributed by atoms with Gasteiger partial charge in [-0.3, -0.25) is 4.79 Å². The van der Waals surface area contributed by atoms with Gasteiger partial charge in [-0.25, -0.2) is 4.98 Å². The topological polar surface area (TPSA) is 77.8 Å². The van der Waals surface area contributed by atoms with Crippen LogP contribution in [0.5, 0.6) is 0 Å². The molecule has 1 aromatic rings. The van der Waals surface area contributed by atoms with Crippen LogP contribution < -0.4 is 10.6 Å². The second-order valence-electron chi connectivity index (χ2n) is 4.42. The minimum absolute atomic E-state index is 0.132. The number of aromatic nitrogens is 1. The van der Waals surface area contributed by atoms with E-state index in [0.717, 1.165) is 25.1 Å². The van der Waals surface area contributed by atoms with Crippen LogP contribution in [0.2, 0.25) is 0 Å². The molecule has 1 fully saturated rings. The summed E-state index contributed by atoms with van der Waals surface area (Å²) in [6.45, 7) is 0.705. The molecule has 0 unspecified atom stereocenters. The predicted molar refractivity (Wildman–Crippen MR) is 67.8 cm³/mol. The average molecular weight is 244 g/mol. The minimum Gasteiger partial charge on any atom is -0.370 e. The largest absolute Gasteiger partial charge is 0.370 e. The van der Waals surface area contributed by atoms with E-state index in [1.807, 2.05) is 6.07 Å². The summed E-state index contributed by atoms with van der Waals surface area (Å²) in [7, 11) is 0. The molecular formula is C13H16N4O. The molecule has 5 heteroatoms. The monoisotopic (exact) mass is 244 g/mol. The van der Waals surface area contributed by atoms with Gasteiger partial charge in [0.1, 0.15) is 11.9 Å². The predicted octanol–water partition coefficient (Wildman–Crippen LogP) is 1.42. The standard InChI is InChI=1S/C13H16N4O/c14-8-10-3-6-12(16-9-10)15-7-1-2-13(18)17-11-4-5-11/h3,6,9,11H,1-2,4-5,7H2,(H,15,16)(H,17,18). The summed E-state index contributed by atoms with van der Waals surface area (Å²) in [5.74, 6) is 0.865. The Kier molecular flexibility index (Phi) is 4.13. The number of nitriles is 1. The Hall–Kier alpha value is -2.09. The Balaban J connectivity index is 1.62. The molecule has 94 valence electrons. The summed E-state index contributed by atoms with van der Waals surface area (Å²) in [5.41, 5.74) is 0.546. The van der Waals surface area contributed by atoms with Crippen LogP contribution in [0.3, 0.4) is 0 Å². The van der Waals surface area contributed by atoms with Gasteiger partial charge in [0.15, 0.2) is 0 Å². The van der Waals surface area contributed by atoms with Gasteiger partial charge < -0.3 is 10.6 Å². The van der Waals surface area contributed by atoms with Crippen molar-refractivity contribution in [2.75, 3.05) is 11.9 Å². The smallest absolute Gasteiger partial charge is 0.220 e. The molecule has 0 aromatic carbocycles. The number of nitrogens with zero attached hydrogens (tertiary/aromatic N) is 2. The van der Waals surface area contributed by atoms with Crippen molar-refractivity contribution in [1.82, 2.24) is 10.3 Å². The zero-order valence-electron chi connectivity index (χ0n) is 10.1. The Morgan fingerprint density at radius 2 is 2.33 bits per heavy atom. The fraction of sp³-hybridized carbons (Fsp3) is 0.462. The fourth-order valence-corrected chi connectivity index (χ4v) is 1.56. The third-order valence-corrected chi connectivity index (χ3v) is 2.72. The summed E-state index contributed by atoms with van der Waals surface area (Å²) in [6.07, 6.45) is 5.10. The Labute approximate surface area is 106 Å². The van der Waals surface area contributed by atoms with Gasteiger partial charge in [-0.15, -0.1) is 0 Å². The van der Waals surface area contributed by atoms with Crippen molar-refractivity contribution in [2.45, 2.75) is 31.7 Å². The van der Waals surface area contributed by atoms with E-state index in [0.29, 0.717) is 24.6 Å². The lowest BCUT2D eigenvalue weighted by molar-refractivity contribution is -0.121. The van der Waals surface area contributed by atoms with Crippen LogP contribution in [0.15, 0.2) is 18.3 Å². The first-order valence-corrected chi connectivity index (χ1v) is 6.17. The highest BCUT2D eigenvalue weighted by Crippen LogP contribution is 2.18. The number of hydrogen-bond donors (Lipinski definition) is 2. The molecule has 18 heavy (non-hydrogen) atoms. The van der Waals surface area contributed by atoms with Crippen molar-refractivity contribution in [3.63, 3.8) is 0 Å². The summed E-state index contributed by atoms with van der Waals surface area (Å²) >= 11 is 0. The van der Waals surface area contributed by atoms with Gasteiger partial charge >= 0.3 is 0 Å². The average Bonchev–Trinajstić information content (AvgIpc) is 3.19. The van der Waals surface area contributed by atoms with Crippen molar-refractivity contribution in [1.29, 1.82) is 5.26 Å². The lowest BCUT2D eigenvalue weighted by atomic mass is 10.3. The number of anilines is 1. The fourth-order valence-electron chi connectivity index (χ4n) is 1.56. The number of pyridine rings is 1. The number of carbonyl (C=O) groups is 1. The third kappa shape index (κ3) is 4.06. The number of rotatable bonds is 6. The SMILES string of the molecule is N#Cc1ccc(NCCCC(=O)NC2CC2)nc1. The molecule has 1 saturated carbocycles. The zero-order chi connectivity index (χ0) is 12.8. The molecule has 0 aliphatic heterocycles. The van der Waals surface area contributed by atoms with Gasteiger partial charge in [-0.1, -0.05) is 0 Å². The van der Waals surface area contributed by atoms with Crippen LogP contribution >= 0.6 is 0 Å². The molecule has 2 N–H and O–H groups in total. The van der Waals surface area contributed by atoms with Crippen LogP contribution in [0.25, 0.3) is 0 Å². The van der Waals surface area contributed by atoms with E-state index in [1.165, 1.54) is 6.20 Å². The van der Waals surface area contributed by atoms with E-state index in [1.54, 1.807) is 12.1 Å². The van der Waals surface area contributed by atoms with Gasteiger partial charge in [0.05, 0.1) is 5.56 Å². The number of carbonyl (C=O) groups excluding carboxylic acids is 1. The van der Waals surface area contributed by atoms with Crippen molar-refractivity contribution >= 4 is 11.7 Å². The highest BCUT2D eigenvalue weighted by atomic mass is 16.1. The maximum atomic E-state index is 11.4. The van der Waals surface area contributed by atoms with E-state index in [2.05, 4.69) is 15.6 Å². The van der Waals surface area contributed by atoms with Gasteiger partial charge in [0.2, 0.25) is 5.91 Å². The minimum atomic E-state index is 0.132. The summed E-state index contributed by atoms with van der Waals surface area (Å²) in [6, 6.07) is 5.94. The summed E-state index contributed by atoms with van der Waals surface area (Å²) < 4.78 is 0. The number of amides is 1. The van der Waals surface area contributed by atoms with Crippen LogP contribution in [0.1, 0.15) is 31.2 Å². The molecule has 1 heterocycles. The van der Waals surface area contributed by atoms with Crippen LogP contribution in [0, 0.1) is 11.3 Å². The van der Waals surface area contributed by atoms with E-state index in [-0.39, 0.29) is 5.91 Å². The molecule has 1 aromatic heterocycles. The Bertz CT molecular complexity index is 445. The van der Waals surface area contributed by atoms with Gasteiger partial charge in [0.25, 0.3) is 0 Å². The summed E-state index contributed by atoms with van der Waals surface area (Å²) in [5, 5.41) is 14.7. The first kappa shape index (κ1) is 12.4. The maximum Gasteiger partial charge on any atom is 0.220 e. The lowest BCUT2D eigenvalue weighted by Crippen LogP contribution is -2.25. The van der Waals surface area contributed by atoms with E-state index in [9.17, 15) is 4.79 Å². The van der Waals surface area contributed by atoms with Crippen molar-refractivity contribution in [2.24, 2.45) is 0 Å². The molecule has 2 rings (SSSR count). The zero-order valence-corrected chi connectivity index (χ0v) is 10.1. The molecule has 0 radical (unpaired) electrons. The Morgan fingerprint density at radius 1 is 1.50 bits per heavy atom. The maximum absolute atomic E-state index is 11.4. The van der Waals surface area contributed by atoms with Crippen LogP contribution in [-0.4, -0.2) is 23.5 Å². The highest BCUT2D eigenvalue weighted by molar-refractivity contribution is 5.76. The normalized spacial score (nSPS) is 13.7. The Morgan fingerprint density at radius 3 is 2.94 bits per heavy atom. The molecule has 0 atom stereocenters. The lowest BCUT2D eigenvalue weighted by Gasteiger charge is -2.05. The molecular weight excluding hydrogens is 228 g/mol. The molecule has 0 saturated heterocycles. The van der Waals surface area contributed by atoms with E-state index < -0.39 is 0 Å².